The van der Waals surface area contributed by atoms with Crippen LogP contribution in [-0.2, 0) is 4.65 Å². The number of rotatable bonds is 4. The molecule has 0 amide bonds. The Morgan fingerprint density at radius 3 is 3.00 bits per heavy atom. The van der Waals surface area contributed by atoms with Crippen molar-refractivity contribution in [2.24, 2.45) is 5.73 Å². The first-order valence-electron chi connectivity index (χ1n) is 5.23. The Balaban J connectivity index is 2.42. The zero-order valence-electron chi connectivity index (χ0n) is 9.03. The van der Waals surface area contributed by atoms with Crippen molar-refractivity contribution in [1.29, 1.82) is 0 Å². The average Bonchev–Trinajstić information content (AvgIpc) is 2.67. The average molecular weight is 259 g/mol. The number of fused-ring (bicyclic) bond motifs is 1. The standard InChI is InChI=1S/C10H12BClFNO3/c12-6-1-2-7(16-4-3-13)10-9(6)8(5-14)17-11(10)15/h1-2,8,15H,3-5,14H2. The van der Waals surface area contributed by atoms with Gasteiger partial charge in [-0.2, -0.15) is 0 Å². The quantitative estimate of drug-likeness (QED) is 0.769. The first kappa shape index (κ1) is 12.6. The highest BCUT2D eigenvalue weighted by atomic mass is 35.5. The summed E-state index contributed by atoms with van der Waals surface area (Å²) in [6.07, 6.45) is -0.457. The molecule has 7 heteroatoms. The van der Waals surface area contributed by atoms with Crippen LogP contribution < -0.4 is 15.9 Å². The summed E-state index contributed by atoms with van der Waals surface area (Å²) in [5, 5.41) is 10.2. The predicted molar refractivity (Wildman–Crippen MR) is 63.4 cm³/mol. The summed E-state index contributed by atoms with van der Waals surface area (Å²) < 4.78 is 22.5. The maximum atomic E-state index is 12.1. The molecule has 0 radical (unpaired) electrons. The molecule has 1 heterocycles. The SMILES string of the molecule is NCC1OB(O)c2c(OCCF)ccc(Cl)c21. The number of hydrogen-bond donors (Lipinski definition) is 2. The highest BCUT2D eigenvalue weighted by Crippen LogP contribution is 2.32. The van der Waals surface area contributed by atoms with Crippen LogP contribution in [0.1, 0.15) is 11.7 Å². The number of hydrogen-bond acceptors (Lipinski definition) is 4. The van der Waals surface area contributed by atoms with Crippen LogP contribution in [0.4, 0.5) is 4.39 Å². The highest BCUT2D eigenvalue weighted by Gasteiger charge is 2.39. The fourth-order valence-electron chi connectivity index (χ4n) is 1.91. The molecular formula is C10H12BClFNO3. The normalized spacial score (nSPS) is 18.4. The van der Waals surface area contributed by atoms with Gasteiger partial charge in [0.15, 0.2) is 0 Å². The summed E-state index contributed by atoms with van der Waals surface area (Å²) in [7, 11) is -1.13. The Bertz CT molecular complexity index is 421. The lowest BCUT2D eigenvalue weighted by molar-refractivity contribution is 0.198. The maximum Gasteiger partial charge on any atom is 0.495 e. The van der Waals surface area contributed by atoms with Crippen LogP contribution in [0.25, 0.3) is 0 Å². The summed E-state index contributed by atoms with van der Waals surface area (Å²) in [4.78, 5) is 0. The summed E-state index contributed by atoms with van der Waals surface area (Å²) >= 11 is 6.04. The van der Waals surface area contributed by atoms with Gasteiger partial charge in [0.1, 0.15) is 19.0 Å². The summed E-state index contributed by atoms with van der Waals surface area (Å²) in [5.74, 6) is 0.380. The molecule has 0 bridgehead atoms. The van der Waals surface area contributed by atoms with Gasteiger partial charge in [-0.05, 0) is 12.1 Å². The lowest BCUT2D eigenvalue weighted by atomic mass is 9.78. The van der Waals surface area contributed by atoms with Gasteiger partial charge in [0.2, 0.25) is 0 Å². The number of nitrogens with two attached hydrogens (primary N) is 1. The number of halogens is 2. The van der Waals surface area contributed by atoms with Crippen LogP contribution in [0, 0.1) is 0 Å². The van der Waals surface area contributed by atoms with E-state index in [1.807, 2.05) is 0 Å². The van der Waals surface area contributed by atoms with Crippen LogP contribution in [0.2, 0.25) is 5.02 Å². The third-order valence-electron chi connectivity index (χ3n) is 2.60. The van der Waals surface area contributed by atoms with Gasteiger partial charge in [0.05, 0.1) is 6.10 Å². The molecule has 0 aliphatic carbocycles. The van der Waals surface area contributed by atoms with Gasteiger partial charge in [-0.15, -0.1) is 0 Å². The molecule has 1 atom stereocenters. The largest absolute Gasteiger partial charge is 0.495 e. The smallest absolute Gasteiger partial charge is 0.491 e. The molecule has 1 aliphatic rings. The van der Waals surface area contributed by atoms with E-state index >= 15 is 0 Å². The molecular weight excluding hydrogens is 247 g/mol. The Morgan fingerprint density at radius 1 is 1.59 bits per heavy atom. The molecule has 0 fully saturated rings. The van der Waals surface area contributed by atoms with Crippen molar-refractivity contribution in [3.63, 3.8) is 0 Å². The second kappa shape index (κ2) is 5.22. The second-order valence-electron chi connectivity index (χ2n) is 3.62. The van der Waals surface area contributed by atoms with Gasteiger partial charge in [0, 0.05) is 22.6 Å². The zero-order chi connectivity index (χ0) is 12.4. The molecule has 3 N–H and O–H groups in total. The molecule has 0 aromatic heterocycles. The first-order chi connectivity index (χ1) is 8.19. The van der Waals surface area contributed by atoms with Crippen molar-refractivity contribution in [3.8, 4) is 5.75 Å². The predicted octanol–water partition coefficient (Wildman–Crippen LogP) is 0.406. The van der Waals surface area contributed by atoms with E-state index in [9.17, 15) is 9.41 Å². The van der Waals surface area contributed by atoms with E-state index in [2.05, 4.69) is 0 Å². The van der Waals surface area contributed by atoms with Gasteiger partial charge in [-0.3, -0.25) is 0 Å². The van der Waals surface area contributed by atoms with Crippen LogP contribution in [0.5, 0.6) is 5.75 Å². The van der Waals surface area contributed by atoms with Crippen LogP contribution in [0.15, 0.2) is 12.1 Å². The second-order valence-corrected chi connectivity index (χ2v) is 4.03. The molecule has 0 saturated heterocycles. The maximum absolute atomic E-state index is 12.1. The lowest BCUT2D eigenvalue weighted by Gasteiger charge is -2.12. The van der Waals surface area contributed by atoms with Crippen molar-refractivity contribution in [3.05, 3.63) is 22.7 Å². The molecule has 17 heavy (non-hydrogen) atoms. The third-order valence-corrected chi connectivity index (χ3v) is 2.93. The molecule has 1 aromatic carbocycles. The number of ether oxygens (including phenoxy) is 1. The van der Waals surface area contributed by atoms with Crippen molar-refractivity contribution in [2.45, 2.75) is 6.10 Å². The molecule has 0 spiro atoms. The Labute approximate surface area is 104 Å². The van der Waals surface area contributed by atoms with Gasteiger partial charge in [0.25, 0.3) is 0 Å². The number of alkyl halides is 1. The summed E-state index contributed by atoms with van der Waals surface area (Å²) in [6, 6.07) is 3.21. The highest BCUT2D eigenvalue weighted by molar-refractivity contribution is 6.63. The molecule has 0 saturated carbocycles. The minimum atomic E-state index is -1.13. The van der Waals surface area contributed by atoms with Gasteiger partial charge >= 0.3 is 7.12 Å². The van der Waals surface area contributed by atoms with E-state index in [1.165, 1.54) is 0 Å². The summed E-state index contributed by atoms with van der Waals surface area (Å²) in [6.45, 7) is -0.473. The molecule has 4 nitrogen and oxygen atoms in total. The lowest BCUT2D eigenvalue weighted by Crippen LogP contribution is -2.30. The first-order valence-corrected chi connectivity index (χ1v) is 5.61. The van der Waals surface area contributed by atoms with E-state index < -0.39 is 19.9 Å². The topological polar surface area (TPSA) is 64.7 Å². The Kier molecular flexibility index (Phi) is 3.88. The Morgan fingerprint density at radius 2 is 2.35 bits per heavy atom. The van der Waals surface area contributed by atoms with E-state index in [1.54, 1.807) is 12.1 Å². The van der Waals surface area contributed by atoms with Gasteiger partial charge < -0.3 is 20.1 Å². The van der Waals surface area contributed by atoms with Crippen LogP contribution >= 0.6 is 11.6 Å². The van der Waals surface area contributed by atoms with Crippen LogP contribution in [-0.4, -0.2) is 32.0 Å². The number of benzene rings is 1. The van der Waals surface area contributed by atoms with Crippen molar-refractivity contribution in [2.75, 3.05) is 19.8 Å². The fourth-order valence-corrected chi connectivity index (χ4v) is 2.20. The van der Waals surface area contributed by atoms with E-state index in [4.69, 9.17) is 26.7 Å². The fraction of sp³-hybridized carbons (Fsp3) is 0.400. The third kappa shape index (κ3) is 2.26. The van der Waals surface area contributed by atoms with E-state index in [0.29, 0.717) is 21.8 Å². The van der Waals surface area contributed by atoms with Crippen LogP contribution in [0.3, 0.4) is 0 Å². The van der Waals surface area contributed by atoms with E-state index in [-0.39, 0.29) is 13.2 Å². The van der Waals surface area contributed by atoms with Crippen molar-refractivity contribution >= 4 is 24.2 Å². The molecule has 1 unspecified atom stereocenters. The zero-order valence-corrected chi connectivity index (χ0v) is 9.78. The monoisotopic (exact) mass is 259 g/mol. The van der Waals surface area contributed by atoms with E-state index in [0.717, 1.165) is 0 Å². The van der Waals surface area contributed by atoms with Gasteiger partial charge in [-0.1, -0.05) is 11.6 Å². The molecule has 1 aliphatic heterocycles. The Hall–Kier alpha value is -0.815. The summed E-state index contributed by atoms with van der Waals surface area (Å²) in [5.41, 5.74) is 6.60. The van der Waals surface area contributed by atoms with Crippen molar-refractivity contribution in [1.82, 2.24) is 0 Å². The van der Waals surface area contributed by atoms with Gasteiger partial charge in [-0.25, -0.2) is 4.39 Å². The molecule has 1 aromatic rings. The van der Waals surface area contributed by atoms with Crippen molar-refractivity contribution < 1.29 is 18.8 Å². The minimum absolute atomic E-state index is 0.0753. The molecule has 92 valence electrons. The minimum Gasteiger partial charge on any atom is -0.491 e. The molecule has 2 rings (SSSR count).